The summed E-state index contributed by atoms with van der Waals surface area (Å²) in [6, 6.07) is 9.49. The number of carbonyl (C=O) groups excluding carboxylic acids is 1. The SMILES string of the molecule is O=C(O)[C@H]1C[C@H](N2CCOCC2)CN(C(=O)OCc2ccccc2)C1. The Kier molecular flexibility index (Phi) is 5.88. The van der Waals surface area contributed by atoms with Crippen molar-refractivity contribution in [1.29, 1.82) is 0 Å². The molecule has 1 N–H and O–H groups in total. The molecule has 0 bridgehead atoms. The summed E-state index contributed by atoms with van der Waals surface area (Å²) in [5.41, 5.74) is 0.910. The molecule has 0 spiro atoms. The van der Waals surface area contributed by atoms with Gasteiger partial charge in [-0.05, 0) is 12.0 Å². The van der Waals surface area contributed by atoms with E-state index >= 15 is 0 Å². The first-order valence-corrected chi connectivity index (χ1v) is 8.63. The van der Waals surface area contributed by atoms with Crippen LogP contribution in [0.5, 0.6) is 0 Å². The van der Waals surface area contributed by atoms with Crippen molar-refractivity contribution in [1.82, 2.24) is 9.80 Å². The number of carbonyl (C=O) groups is 2. The molecule has 136 valence electrons. The zero-order valence-electron chi connectivity index (χ0n) is 14.2. The minimum atomic E-state index is -0.862. The van der Waals surface area contributed by atoms with Crippen molar-refractivity contribution >= 4 is 12.1 Å². The lowest BCUT2D eigenvalue weighted by molar-refractivity contribution is -0.144. The highest BCUT2D eigenvalue weighted by Crippen LogP contribution is 2.23. The topological polar surface area (TPSA) is 79.3 Å². The Morgan fingerprint density at radius 1 is 1.16 bits per heavy atom. The molecule has 7 heteroatoms. The summed E-state index contributed by atoms with van der Waals surface area (Å²) >= 11 is 0. The number of benzene rings is 1. The van der Waals surface area contributed by atoms with Gasteiger partial charge >= 0.3 is 12.1 Å². The molecule has 2 aliphatic rings. The minimum absolute atomic E-state index is 0.0306. The van der Waals surface area contributed by atoms with Crippen molar-refractivity contribution in [2.24, 2.45) is 5.92 Å². The summed E-state index contributed by atoms with van der Waals surface area (Å²) in [6.45, 7) is 3.71. The molecule has 7 nitrogen and oxygen atoms in total. The van der Waals surface area contributed by atoms with Crippen molar-refractivity contribution in [2.45, 2.75) is 19.1 Å². The summed E-state index contributed by atoms with van der Waals surface area (Å²) in [5, 5.41) is 9.44. The van der Waals surface area contributed by atoms with Gasteiger partial charge in [0.25, 0.3) is 0 Å². The van der Waals surface area contributed by atoms with Crippen molar-refractivity contribution in [3.8, 4) is 0 Å². The third-order valence-corrected chi connectivity index (χ3v) is 4.80. The van der Waals surface area contributed by atoms with Crippen LogP contribution in [0.25, 0.3) is 0 Å². The van der Waals surface area contributed by atoms with E-state index in [-0.39, 0.29) is 19.2 Å². The molecule has 0 aliphatic carbocycles. The lowest BCUT2D eigenvalue weighted by Gasteiger charge is -2.42. The van der Waals surface area contributed by atoms with Crippen LogP contribution in [0, 0.1) is 5.92 Å². The summed E-state index contributed by atoms with van der Waals surface area (Å²) in [4.78, 5) is 27.7. The van der Waals surface area contributed by atoms with Crippen molar-refractivity contribution in [3.05, 3.63) is 35.9 Å². The molecule has 0 saturated carbocycles. The first-order valence-electron chi connectivity index (χ1n) is 8.63. The summed E-state index contributed by atoms with van der Waals surface area (Å²) in [6.07, 6.45) is 0.103. The summed E-state index contributed by atoms with van der Waals surface area (Å²) in [7, 11) is 0. The van der Waals surface area contributed by atoms with E-state index in [0.29, 0.717) is 26.2 Å². The Morgan fingerprint density at radius 2 is 1.88 bits per heavy atom. The number of carboxylic acids is 1. The molecular weight excluding hydrogens is 324 g/mol. The highest BCUT2D eigenvalue weighted by atomic mass is 16.6. The maximum atomic E-state index is 12.4. The molecule has 1 amide bonds. The van der Waals surface area contributed by atoms with E-state index in [1.165, 1.54) is 4.90 Å². The molecule has 0 unspecified atom stereocenters. The summed E-state index contributed by atoms with van der Waals surface area (Å²) < 4.78 is 10.7. The number of rotatable bonds is 4. The van der Waals surface area contributed by atoms with E-state index in [9.17, 15) is 14.7 Å². The van der Waals surface area contributed by atoms with Gasteiger partial charge in [-0.1, -0.05) is 30.3 Å². The monoisotopic (exact) mass is 348 g/mol. The molecule has 2 fully saturated rings. The van der Waals surface area contributed by atoms with E-state index < -0.39 is 18.0 Å². The molecule has 2 aliphatic heterocycles. The number of amides is 1. The molecule has 2 saturated heterocycles. The van der Waals surface area contributed by atoms with E-state index in [2.05, 4.69) is 4.90 Å². The van der Waals surface area contributed by atoms with E-state index in [0.717, 1.165) is 18.7 Å². The molecule has 2 atom stereocenters. The number of ether oxygens (including phenoxy) is 2. The number of morpholine rings is 1. The van der Waals surface area contributed by atoms with Gasteiger partial charge in [-0.15, -0.1) is 0 Å². The highest BCUT2D eigenvalue weighted by molar-refractivity contribution is 5.73. The lowest BCUT2D eigenvalue weighted by atomic mass is 9.93. The predicted octanol–water partition coefficient (Wildman–Crippen LogP) is 1.43. The second kappa shape index (κ2) is 8.31. The van der Waals surface area contributed by atoms with Gasteiger partial charge in [0, 0.05) is 32.2 Å². The summed E-state index contributed by atoms with van der Waals surface area (Å²) in [5.74, 6) is -1.43. The highest BCUT2D eigenvalue weighted by Gasteiger charge is 2.37. The zero-order chi connectivity index (χ0) is 17.6. The Labute approximate surface area is 147 Å². The van der Waals surface area contributed by atoms with E-state index in [4.69, 9.17) is 9.47 Å². The Bertz CT molecular complexity index is 588. The predicted molar refractivity (Wildman–Crippen MR) is 90.1 cm³/mol. The van der Waals surface area contributed by atoms with Crippen molar-refractivity contribution in [3.63, 3.8) is 0 Å². The second-order valence-electron chi connectivity index (χ2n) is 6.52. The normalized spacial score (nSPS) is 24.7. The molecule has 3 rings (SSSR count). The van der Waals surface area contributed by atoms with Gasteiger partial charge in [0.2, 0.25) is 0 Å². The number of carboxylic acid groups (broad SMARTS) is 1. The zero-order valence-corrected chi connectivity index (χ0v) is 14.2. The van der Waals surface area contributed by atoms with Crippen LogP contribution < -0.4 is 0 Å². The van der Waals surface area contributed by atoms with Gasteiger partial charge in [0.1, 0.15) is 6.61 Å². The fourth-order valence-electron chi connectivity index (χ4n) is 3.42. The van der Waals surface area contributed by atoms with Crippen LogP contribution in [0.2, 0.25) is 0 Å². The molecule has 1 aromatic rings. The van der Waals surface area contributed by atoms with Gasteiger partial charge in [0.05, 0.1) is 19.1 Å². The van der Waals surface area contributed by atoms with Crippen LogP contribution >= 0.6 is 0 Å². The third kappa shape index (κ3) is 4.70. The largest absolute Gasteiger partial charge is 0.481 e. The average Bonchev–Trinajstić information content (AvgIpc) is 2.67. The van der Waals surface area contributed by atoms with Crippen LogP contribution in [-0.4, -0.2) is 72.4 Å². The van der Waals surface area contributed by atoms with E-state index in [1.807, 2.05) is 30.3 Å². The molecule has 2 heterocycles. The second-order valence-corrected chi connectivity index (χ2v) is 6.52. The van der Waals surface area contributed by atoms with Gasteiger partial charge in [-0.25, -0.2) is 4.79 Å². The molecule has 0 aromatic heterocycles. The maximum Gasteiger partial charge on any atom is 0.410 e. The quantitative estimate of drug-likeness (QED) is 0.887. The van der Waals surface area contributed by atoms with Gasteiger partial charge in [-0.2, -0.15) is 0 Å². The van der Waals surface area contributed by atoms with Crippen LogP contribution in [-0.2, 0) is 20.9 Å². The van der Waals surface area contributed by atoms with Crippen LogP contribution in [0.3, 0.4) is 0 Å². The molecule has 1 aromatic carbocycles. The number of likely N-dealkylation sites (tertiary alicyclic amines) is 1. The maximum absolute atomic E-state index is 12.4. The number of hydrogen-bond acceptors (Lipinski definition) is 5. The van der Waals surface area contributed by atoms with Gasteiger partial charge < -0.3 is 19.5 Å². The standard InChI is InChI=1S/C18H24N2O5/c21-17(22)15-10-16(19-6-8-24-9-7-19)12-20(11-15)18(23)25-13-14-4-2-1-3-5-14/h1-5,15-16H,6-13H2,(H,21,22)/t15-,16-/m0/s1. The third-order valence-electron chi connectivity index (χ3n) is 4.80. The van der Waals surface area contributed by atoms with Gasteiger partial charge in [0.15, 0.2) is 0 Å². The molecule has 25 heavy (non-hydrogen) atoms. The van der Waals surface area contributed by atoms with E-state index in [1.54, 1.807) is 0 Å². The van der Waals surface area contributed by atoms with Crippen molar-refractivity contribution in [2.75, 3.05) is 39.4 Å². The van der Waals surface area contributed by atoms with Crippen LogP contribution in [0.1, 0.15) is 12.0 Å². The van der Waals surface area contributed by atoms with Crippen molar-refractivity contribution < 1.29 is 24.2 Å². The number of piperidine rings is 1. The first-order chi connectivity index (χ1) is 12.1. The Morgan fingerprint density at radius 3 is 2.56 bits per heavy atom. The fourth-order valence-corrected chi connectivity index (χ4v) is 3.42. The fraction of sp³-hybridized carbons (Fsp3) is 0.556. The average molecular weight is 348 g/mol. The molecular formula is C18H24N2O5. The minimum Gasteiger partial charge on any atom is -0.481 e. The van der Waals surface area contributed by atoms with Gasteiger partial charge in [-0.3, -0.25) is 9.69 Å². The van der Waals surface area contributed by atoms with Crippen LogP contribution in [0.4, 0.5) is 4.79 Å². The smallest absolute Gasteiger partial charge is 0.410 e. The number of nitrogens with zero attached hydrogens (tertiary/aromatic N) is 2. The molecule has 0 radical (unpaired) electrons. The lowest BCUT2D eigenvalue weighted by Crippen LogP contribution is -2.56. The Hall–Kier alpha value is -2.12. The number of aliphatic carboxylic acids is 1. The Balaban J connectivity index is 1.61. The first kappa shape index (κ1) is 17.7. The van der Waals surface area contributed by atoms with Crippen LogP contribution in [0.15, 0.2) is 30.3 Å². The number of hydrogen-bond donors (Lipinski definition) is 1.